The van der Waals surface area contributed by atoms with Crippen LogP contribution in [0.4, 0.5) is 11.4 Å². The minimum Gasteiger partial charge on any atom is -0.507 e. The van der Waals surface area contributed by atoms with Gasteiger partial charge in [0.2, 0.25) is 0 Å². The molecule has 0 radical (unpaired) electrons. The van der Waals surface area contributed by atoms with E-state index in [2.05, 4.69) is 0 Å². The maximum atomic E-state index is 13.4. The van der Waals surface area contributed by atoms with Crippen LogP contribution in [0.3, 0.4) is 0 Å². The van der Waals surface area contributed by atoms with Gasteiger partial charge < -0.3 is 19.5 Å². The number of ketones is 1. The Morgan fingerprint density at radius 1 is 1.06 bits per heavy atom. The van der Waals surface area contributed by atoms with Gasteiger partial charge in [0.15, 0.2) is 0 Å². The second kappa shape index (κ2) is 9.18. The summed E-state index contributed by atoms with van der Waals surface area (Å²) in [6, 6.07) is 20.7. The molecule has 2 aliphatic heterocycles. The fourth-order valence-corrected chi connectivity index (χ4v) is 4.60. The van der Waals surface area contributed by atoms with Gasteiger partial charge in [-0.3, -0.25) is 14.5 Å². The van der Waals surface area contributed by atoms with Crippen molar-refractivity contribution in [2.24, 2.45) is 0 Å². The monoisotopic (exact) mass is 470 g/mol. The topological polar surface area (TPSA) is 79.3 Å². The minimum absolute atomic E-state index is 0.0341. The van der Waals surface area contributed by atoms with Crippen molar-refractivity contribution in [3.8, 4) is 11.5 Å². The maximum Gasteiger partial charge on any atom is 0.300 e. The summed E-state index contributed by atoms with van der Waals surface area (Å²) in [5, 5.41) is 11.5. The van der Waals surface area contributed by atoms with E-state index in [0.717, 1.165) is 5.69 Å². The number of nitrogens with zero attached hydrogens (tertiary/aromatic N) is 2. The molecule has 35 heavy (non-hydrogen) atoms. The van der Waals surface area contributed by atoms with Crippen LogP contribution < -0.4 is 19.3 Å². The molecule has 2 aliphatic rings. The summed E-state index contributed by atoms with van der Waals surface area (Å²) >= 11 is 0. The molecule has 3 aromatic rings. The smallest absolute Gasteiger partial charge is 0.300 e. The lowest BCUT2D eigenvalue weighted by Gasteiger charge is -2.28. The summed E-state index contributed by atoms with van der Waals surface area (Å²) in [5.74, 6) is -0.323. The highest BCUT2D eigenvalue weighted by atomic mass is 16.5. The van der Waals surface area contributed by atoms with Crippen molar-refractivity contribution < 1.29 is 24.2 Å². The van der Waals surface area contributed by atoms with Crippen LogP contribution in [0, 0.1) is 0 Å². The second-order valence-corrected chi connectivity index (χ2v) is 8.46. The van der Waals surface area contributed by atoms with Crippen LogP contribution in [-0.2, 0) is 9.59 Å². The predicted molar refractivity (Wildman–Crippen MR) is 134 cm³/mol. The number of hydrogen-bond donors (Lipinski definition) is 1. The Morgan fingerprint density at radius 3 is 2.63 bits per heavy atom. The zero-order valence-electron chi connectivity index (χ0n) is 19.6. The molecule has 5 rings (SSSR count). The van der Waals surface area contributed by atoms with Gasteiger partial charge in [0.05, 0.1) is 30.5 Å². The zero-order valence-corrected chi connectivity index (χ0v) is 19.6. The van der Waals surface area contributed by atoms with Crippen molar-refractivity contribution in [2.45, 2.75) is 13.0 Å². The molecule has 1 N–H and O–H groups in total. The molecule has 178 valence electrons. The lowest BCUT2D eigenvalue weighted by atomic mass is 9.94. The third-order valence-corrected chi connectivity index (χ3v) is 6.29. The number of aliphatic hydroxyl groups is 1. The predicted octanol–water partition coefficient (Wildman–Crippen LogP) is 4.54. The Bertz CT molecular complexity index is 1320. The first kappa shape index (κ1) is 22.5. The number of likely N-dealkylation sites (N-methyl/N-ethyl adjacent to an activating group) is 1. The molecule has 1 fully saturated rings. The van der Waals surface area contributed by atoms with E-state index in [1.165, 1.54) is 4.90 Å². The van der Waals surface area contributed by atoms with E-state index in [4.69, 9.17) is 9.47 Å². The van der Waals surface area contributed by atoms with Crippen LogP contribution in [-0.4, -0.2) is 43.6 Å². The summed E-state index contributed by atoms with van der Waals surface area (Å²) in [4.78, 5) is 30.1. The fourth-order valence-electron chi connectivity index (χ4n) is 4.60. The van der Waals surface area contributed by atoms with E-state index in [1.54, 1.807) is 36.4 Å². The van der Waals surface area contributed by atoms with E-state index in [-0.39, 0.29) is 11.3 Å². The van der Waals surface area contributed by atoms with E-state index in [9.17, 15) is 14.7 Å². The van der Waals surface area contributed by atoms with Crippen molar-refractivity contribution in [2.75, 3.05) is 36.6 Å². The maximum absolute atomic E-state index is 13.4. The summed E-state index contributed by atoms with van der Waals surface area (Å²) in [7, 11) is 1.94. The average Bonchev–Trinajstić information content (AvgIpc) is 3.15. The first-order valence-electron chi connectivity index (χ1n) is 11.6. The molecule has 0 aliphatic carbocycles. The van der Waals surface area contributed by atoms with Gasteiger partial charge in [-0.1, -0.05) is 30.3 Å². The lowest BCUT2D eigenvalue weighted by molar-refractivity contribution is -0.132. The Hall–Kier alpha value is -4.26. The molecule has 2 heterocycles. The fraction of sp³-hybridized carbons (Fsp3) is 0.214. The lowest BCUT2D eigenvalue weighted by Crippen LogP contribution is -2.29. The largest absolute Gasteiger partial charge is 0.507 e. The number of rotatable bonds is 5. The quantitative estimate of drug-likeness (QED) is 0.335. The number of ether oxygens (including phenoxy) is 2. The van der Waals surface area contributed by atoms with E-state index in [1.807, 2.05) is 55.3 Å². The third-order valence-electron chi connectivity index (χ3n) is 6.29. The van der Waals surface area contributed by atoms with Crippen LogP contribution in [0.15, 0.2) is 78.4 Å². The normalized spacial score (nSPS) is 18.9. The molecule has 7 heteroatoms. The van der Waals surface area contributed by atoms with Gasteiger partial charge >= 0.3 is 0 Å². The van der Waals surface area contributed by atoms with Crippen molar-refractivity contribution in [1.82, 2.24) is 0 Å². The third kappa shape index (κ3) is 3.99. The van der Waals surface area contributed by atoms with E-state index >= 15 is 0 Å². The van der Waals surface area contributed by atoms with Gasteiger partial charge in [-0.05, 0) is 55.0 Å². The first-order chi connectivity index (χ1) is 17.0. The summed E-state index contributed by atoms with van der Waals surface area (Å²) in [6.45, 7) is 3.65. The van der Waals surface area contributed by atoms with Crippen LogP contribution in [0.5, 0.6) is 11.5 Å². The summed E-state index contributed by atoms with van der Waals surface area (Å²) in [5.41, 5.74) is 2.52. The highest BCUT2D eigenvalue weighted by molar-refractivity contribution is 6.51. The van der Waals surface area contributed by atoms with E-state index in [0.29, 0.717) is 48.1 Å². The van der Waals surface area contributed by atoms with E-state index < -0.39 is 17.7 Å². The molecule has 1 saturated heterocycles. The first-order valence-corrected chi connectivity index (χ1v) is 11.6. The average molecular weight is 471 g/mol. The van der Waals surface area contributed by atoms with Gasteiger partial charge in [-0.15, -0.1) is 0 Å². The molecule has 0 bridgehead atoms. The molecule has 1 amide bonds. The summed E-state index contributed by atoms with van der Waals surface area (Å²) < 4.78 is 11.4. The van der Waals surface area contributed by atoms with Gasteiger partial charge in [0.1, 0.15) is 23.9 Å². The molecule has 1 atom stereocenters. The molecule has 1 unspecified atom stereocenters. The minimum atomic E-state index is -0.817. The Kier molecular flexibility index (Phi) is 5.91. The van der Waals surface area contributed by atoms with Crippen molar-refractivity contribution in [3.63, 3.8) is 0 Å². The van der Waals surface area contributed by atoms with Crippen LogP contribution in [0.2, 0.25) is 0 Å². The zero-order chi connectivity index (χ0) is 24.5. The van der Waals surface area contributed by atoms with Crippen molar-refractivity contribution in [1.29, 1.82) is 0 Å². The number of amides is 1. The van der Waals surface area contributed by atoms with Crippen molar-refractivity contribution in [3.05, 3.63) is 89.5 Å². The Morgan fingerprint density at radius 2 is 1.86 bits per heavy atom. The van der Waals surface area contributed by atoms with Gasteiger partial charge in [-0.2, -0.15) is 0 Å². The number of para-hydroxylation sites is 1. The number of anilines is 2. The van der Waals surface area contributed by atoms with Crippen LogP contribution in [0.25, 0.3) is 5.76 Å². The molecular formula is C28H26N2O5. The van der Waals surface area contributed by atoms with Gasteiger partial charge in [0, 0.05) is 18.3 Å². The number of carbonyl (C=O) groups excluding carboxylic acids is 2. The number of benzene rings is 3. The standard InChI is InChI=1S/C28H26N2O5/c1-3-34-21-11-7-8-18(16-21)25-24(27(32)28(33)30(25)20-9-5-4-6-10-20)26(31)19-12-13-23-22(17-19)29(2)14-15-35-23/h4-13,16-17,25,31H,3,14-15H2,1-2H3/b26-24-. The number of Topliss-reactive ketones (excluding diaryl/α,β-unsaturated/α-hetero) is 1. The molecular weight excluding hydrogens is 444 g/mol. The molecule has 0 spiro atoms. The second-order valence-electron chi connectivity index (χ2n) is 8.46. The van der Waals surface area contributed by atoms with Crippen LogP contribution >= 0.6 is 0 Å². The highest BCUT2D eigenvalue weighted by Crippen LogP contribution is 2.43. The number of fused-ring (bicyclic) bond motifs is 1. The molecule has 7 nitrogen and oxygen atoms in total. The molecule has 0 aromatic heterocycles. The molecule has 3 aromatic carbocycles. The highest BCUT2D eigenvalue weighted by Gasteiger charge is 2.47. The number of hydrogen-bond acceptors (Lipinski definition) is 6. The van der Waals surface area contributed by atoms with Crippen molar-refractivity contribution >= 4 is 28.8 Å². The molecule has 0 saturated carbocycles. The summed E-state index contributed by atoms with van der Waals surface area (Å²) in [6.07, 6.45) is 0. The SMILES string of the molecule is CCOc1cccc(C2/C(=C(/O)c3ccc4c(c3)N(C)CCO4)C(=O)C(=O)N2c2ccccc2)c1. The number of carbonyl (C=O) groups is 2. The Labute approximate surface area is 203 Å². The van der Waals surface area contributed by atoms with Crippen LogP contribution in [0.1, 0.15) is 24.1 Å². The van der Waals surface area contributed by atoms with Gasteiger partial charge in [-0.25, -0.2) is 0 Å². The number of aliphatic hydroxyl groups excluding tert-OH is 1. The Balaban J connectivity index is 1.69. The van der Waals surface area contributed by atoms with Gasteiger partial charge in [0.25, 0.3) is 11.7 Å².